The average molecular weight is 265 g/mol. The Morgan fingerprint density at radius 3 is 2.26 bits per heavy atom. The molecule has 1 N–H and O–H groups in total. The Balaban J connectivity index is 2.91. The number of hydrogen-bond acceptors (Lipinski definition) is 1. The standard InChI is InChI=1S/C17H28FN/c1-6-13(7-2)16(12-19-17(3,4)5)14-9-8-10-15(18)11-14/h8-11,13,16,19H,6-7,12H2,1-5H3. The summed E-state index contributed by atoms with van der Waals surface area (Å²) in [6, 6.07) is 7.07. The molecule has 0 amide bonds. The fourth-order valence-corrected chi connectivity index (χ4v) is 2.57. The predicted octanol–water partition coefficient (Wildman–Crippen LogP) is 4.73. The van der Waals surface area contributed by atoms with Crippen LogP contribution in [0.15, 0.2) is 24.3 Å². The van der Waals surface area contributed by atoms with Gasteiger partial charge in [0.25, 0.3) is 0 Å². The van der Waals surface area contributed by atoms with Crippen molar-refractivity contribution in [1.29, 1.82) is 0 Å². The second-order valence-corrected chi connectivity index (χ2v) is 6.37. The number of halogens is 1. The highest BCUT2D eigenvalue weighted by atomic mass is 19.1. The first-order valence-corrected chi connectivity index (χ1v) is 7.37. The van der Waals surface area contributed by atoms with E-state index in [1.165, 1.54) is 6.07 Å². The molecule has 0 spiro atoms. The molecule has 1 unspecified atom stereocenters. The van der Waals surface area contributed by atoms with Gasteiger partial charge in [-0.05, 0) is 50.3 Å². The molecule has 1 rings (SSSR count). The molecule has 0 radical (unpaired) electrons. The molecule has 1 aromatic rings. The van der Waals surface area contributed by atoms with E-state index < -0.39 is 0 Å². The smallest absolute Gasteiger partial charge is 0.123 e. The van der Waals surface area contributed by atoms with Crippen LogP contribution >= 0.6 is 0 Å². The third-order valence-electron chi connectivity index (χ3n) is 3.75. The first-order valence-electron chi connectivity index (χ1n) is 7.37. The molecule has 0 aromatic heterocycles. The number of nitrogens with one attached hydrogen (secondary N) is 1. The third-order valence-corrected chi connectivity index (χ3v) is 3.75. The van der Waals surface area contributed by atoms with Gasteiger partial charge < -0.3 is 5.32 Å². The highest BCUT2D eigenvalue weighted by Crippen LogP contribution is 2.30. The first kappa shape index (κ1) is 16.2. The summed E-state index contributed by atoms with van der Waals surface area (Å²) in [7, 11) is 0. The van der Waals surface area contributed by atoms with Gasteiger partial charge in [-0.15, -0.1) is 0 Å². The quantitative estimate of drug-likeness (QED) is 0.784. The Morgan fingerprint density at radius 1 is 1.16 bits per heavy atom. The topological polar surface area (TPSA) is 12.0 Å². The molecule has 0 aliphatic carbocycles. The maximum absolute atomic E-state index is 13.5. The van der Waals surface area contributed by atoms with Gasteiger partial charge in [0.2, 0.25) is 0 Å². The van der Waals surface area contributed by atoms with E-state index in [0.717, 1.165) is 24.9 Å². The molecule has 108 valence electrons. The van der Waals surface area contributed by atoms with Gasteiger partial charge in [0, 0.05) is 12.1 Å². The molecule has 19 heavy (non-hydrogen) atoms. The monoisotopic (exact) mass is 265 g/mol. The van der Waals surface area contributed by atoms with E-state index in [2.05, 4.69) is 46.0 Å². The Hall–Kier alpha value is -0.890. The first-order chi connectivity index (χ1) is 8.87. The molecule has 0 saturated heterocycles. The summed E-state index contributed by atoms with van der Waals surface area (Å²) in [5.41, 5.74) is 1.21. The molecule has 0 saturated carbocycles. The molecule has 2 heteroatoms. The minimum absolute atomic E-state index is 0.0948. The van der Waals surface area contributed by atoms with Crippen LogP contribution in [0.5, 0.6) is 0 Å². The summed E-state index contributed by atoms with van der Waals surface area (Å²) in [5.74, 6) is 0.839. The lowest BCUT2D eigenvalue weighted by Crippen LogP contribution is -2.40. The van der Waals surface area contributed by atoms with E-state index in [4.69, 9.17) is 0 Å². The van der Waals surface area contributed by atoms with Crippen LogP contribution in [0.25, 0.3) is 0 Å². The van der Waals surface area contributed by atoms with Crippen molar-refractivity contribution < 1.29 is 4.39 Å². The molecule has 0 fully saturated rings. The summed E-state index contributed by atoms with van der Waals surface area (Å²) in [6.07, 6.45) is 2.26. The van der Waals surface area contributed by atoms with Crippen molar-refractivity contribution in [3.8, 4) is 0 Å². The van der Waals surface area contributed by atoms with Gasteiger partial charge in [0.05, 0.1) is 0 Å². The molecular weight excluding hydrogens is 237 g/mol. The highest BCUT2D eigenvalue weighted by molar-refractivity contribution is 5.22. The summed E-state index contributed by atoms with van der Waals surface area (Å²) >= 11 is 0. The lowest BCUT2D eigenvalue weighted by atomic mass is 9.82. The van der Waals surface area contributed by atoms with Gasteiger partial charge in [-0.2, -0.15) is 0 Å². The third kappa shape index (κ3) is 5.32. The molecule has 1 aromatic carbocycles. The van der Waals surface area contributed by atoms with Crippen molar-refractivity contribution in [2.45, 2.75) is 58.9 Å². The van der Waals surface area contributed by atoms with Crippen LogP contribution in [-0.4, -0.2) is 12.1 Å². The zero-order valence-electron chi connectivity index (χ0n) is 13.0. The summed E-state index contributed by atoms with van der Waals surface area (Å²) in [5, 5.41) is 3.57. The zero-order chi connectivity index (χ0) is 14.5. The van der Waals surface area contributed by atoms with Crippen molar-refractivity contribution in [1.82, 2.24) is 5.32 Å². The lowest BCUT2D eigenvalue weighted by Gasteiger charge is -2.30. The fraction of sp³-hybridized carbons (Fsp3) is 0.647. The maximum Gasteiger partial charge on any atom is 0.123 e. The molecule has 1 nitrogen and oxygen atoms in total. The van der Waals surface area contributed by atoms with E-state index >= 15 is 0 Å². The number of hydrogen-bond donors (Lipinski definition) is 1. The normalized spacial score (nSPS) is 13.8. The molecular formula is C17H28FN. The molecule has 0 heterocycles. The average Bonchev–Trinajstić information content (AvgIpc) is 2.33. The van der Waals surface area contributed by atoms with Gasteiger partial charge in [0.15, 0.2) is 0 Å². The lowest BCUT2D eigenvalue weighted by molar-refractivity contribution is 0.334. The molecule has 0 aliphatic rings. The molecule has 1 atom stereocenters. The highest BCUT2D eigenvalue weighted by Gasteiger charge is 2.22. The summed E-state index contributed by atoms with van der Waals surface area (Å²) in [4.78, 5) is 0. The zero-order valence-corrected chi connectivity index (χ0v) is 13.0. The van der Waals surface area contributed by atoms with Crippen LogP contribution in [0.4, 0.5) is 4.39 Å². The van der Waals surface area contributed by atoms with Crippen molar-refractivity contribution in [3.05, 3.63) is 35.6 Å². The van der Waals surface area contributed by atoms with E-state index in [1.807, 2.05) is 6.07 Å². The van der Waals surface area contributed by atoms with Crippen LogP contribution in [0.3, 0.4) is 0 Å². The molecule has 0 aliphatic heterocycles. The fourth-order valence-electron chi connectivity index (χ4n) is 2.57. The summed E-state index contributed by atoms with van der Waals surface area (Å²) < 4.78 is 13.5. The molecule has 0 bridgehead atoms. The Labute approximate surface area is 117 Å². The van der Waals surface area contributed by atoms with Gasteiger partial charge in [-0.25, -0.2) is 4.39 Å². The van der Waals surface area contributed by atoms with Crippen LogP contribution in [-0.2, 0) is 0 Å². The summed E-state index contributed by atoms with van der Waals surface area (Å²) in [6.45, 7) is 11.8. The van der Waals surface area contributed by atoms with Crippen molar-refractivity contribution in [2.24, 2.45) is 5.92 Å². The van der Waals surface area contributed by atoms with Gasteiger partial charge in [-0.1, -0.05) is 38.8 Å². The van der Waals surface area contributed by atoms with E-state index in [0.29, 0.717) is 11.8 Å². The van der Waals surface area contributed by atoms with Crippen molar-refractivity contribution in [2.75, 3.05) is 6.54 Å². The van der Waals surface area contributed by atoms with E-state index in [1.54, 1.807) is 6.07 Å². The van der Waals surface area contributed by atoms with Gasteiger partial charge >= 0.3 is 0 Å². The second kappa shape index (κ2) is 7.04. The predicted molar refractivity (Wildman–Crippen MR) is 81.0 cm³/mol. The second-order valence-electron chi connectivity index (χ2n) is 6.37. The number of rotatable bonds is 6. The Morgan fingerprint density at radius 2 is 1.79 bits per heavy atom. The van der Waals surface area contributed by atoms with Crippen molar-refractivity contribution in [3.63, 3.8) is 0 Å². The van der Waals surface area contributed by atoms with E-state index in [9.17, 15) is 4.39 Å². The largest absolute Gasteiger partial charge is 0.311 e. The van der Waals surface area contributed by atoms with Crippen LogP contribution in [0.1, 0.15) is 58.9 Å². The SMILES string of the molecule is CCC(CC)C(CNC(C)(C)C)c1cccc(F)c1. The van der Waals surface area contributed by atoms with Crippen LogP contribution < -0.4 is 5.32 Å². The van der Waals surface area contributed by atoms with Gasteiger partial charge in [-0.3, -0.25) is 0 Å². The minimum Gasteiger partial charge on any atom is -0.311 e. The Kier molecular flexibility index (Phi) is 5.99. The van der Waals surface area contributed by atoms with Gasteiger partial charge in [0.1, 0.15) is 5.82 Å². The minimum atomic E-state index is -0.135. The van der Waals surface area contributed by atoms with E-state index in [-0.39, 0.29) is 11.4 Å². The van der Waals surface area contributed by atoms with Crippen LogP contribution in [0.2, 0.25) is 0 Å². The Bertz CT molecular complexity index is 377. The number of benzene rings is 1. The maximum atomic E-state index is 13.5. The van der Waals surface area contributed by atoms with Crippen LogP contribution in [0, 0.1) is 11.7 Å². The van der Waals surface area contributed by atoms with Crippen molar-refractivity contribution >= 4 is 0 Å².